The number of halogens is 1. The number of likely N-dealkylation sites (tertiary alicyclic amines) is 1. The lowest BCUT2D eigenvalue weighted by atomic mass is 10.1. The number of piperidine rings is 1. The number of amides is 2. The van der Waals surface area contributed by atoms with Crippen LogP contribution in [0.5, 0.6) is 0 Å². The van der Waals surface area contributed by atoms with Crippen molar-refractivity contribution >= 4 is 34.3 Å². The maximum atomic E-state index is 12.9. The predicted octanol–water partition coefficient (Wildman–Crippen LogP) is 2.66. The number of nitrogens with zero attached hydrogens (tertiary/aromatic N) is 4. The molecule has 2 aliphatic heterocycles. The van der Waals surface area contributed by atoms with Crippen molar-refractivity contribution in [1.29, 1.82) is 0 Å². The average molecular weight is 401 g/mol. The Morgan fingerprint density at radius 2 is 1.64 bits per heavy atom. The molecular formula is C21H25ClN4O2. The molecule has 0 unspecified atom stereocenters. The average Bonchev–Trinajstić information content (AvgIpc) is 2.74. The Balaban J connectivity index is 1.33. The van der Waals surface area contributed by atoms with Crippen molar-refractivity contribution in [2.24, 2.45) is 0 Å². The molecule has 2 fully saturated rings. The molecule has 0 radical (unpaired) electrons. The van der Waals surface area contributed by atoms with Crippen LogP contribution in [-0.4, -0.2) is 77.3 Å². The lowest BCUT2D eigenvalue weighted by Crippen LogP contribution is -2.52. The molecule has 28 heavy (non-hydrogen) atoms. The molecule has 2 saturated heterocycles. The van der Waals surface area contributed by atoms with Crippen molar-refractivity contribution in [3.05, 3.63) is 41.0 Å². The van der Waals surface area contributed by atoms with E-state index < -0.39 is 0 Å². The van der Waals surface area contributed by atoms with Gasteiger partial charge >= 0.3 is 0 Å². The molecule has 3 heterocycles. The number of pyridine rings is 1. The highest BCUT2D eigenvalue weighted by Gasteiger charge is 2.25. The van der Waals surface area contributed by atoms with E-state index in [9.17, 15) is 9.59 Å². The van der Waals surface area contributed by atoms with Gasteiger partial charge in [-0.05, 0) is 49.6 Å². The highest BCUT2D eigenvalue weighted by molar-refractivity contribution is 6.29. The Morgan fingerprint density at radius 1 is 0.893 bits per heavy atom. The molecule has 2 amide bonds. The second-order valence-corrected chi connectivity index (χ2v) is 7.94. The first-order valence-electron chi connectivity index (χ1n) is 9.96. The molecule has 4 rings (SSSR count). The monoisotopic (exact) mass is 400 g/mol. The van der Waals surface area contributed by atoms with Crippen LogP contribution < -0.4 is 0 Å². The van der Waals surface area contributed by atoms with Crippen LogP contribution >= 0.6 is 11.6 Å². The van der Waals surface area contributed by atoms with Gasteiger partial charge in [-0.25, -0.2) is 4.98 Å². The van der Waals surface area contributed by atoms with E-state index >= 15 is 0 Å². The summed E-state index contributed by atoms with van der Waals surface area (Å²) in [4.78, 5) is 35.6. The number of fused-ring (bicyclic) bond motifs is 1. The smallest absolute Gasteiger partial charge is 0.253 e. The van der Waals surface area contributed by atoms with Crippen LogP contribution in [0.25, 0.3) is 10.9 Å². The first-order valence-corrected chi connectivity index (χ1v) is 10.3. The minimum absolute atomic E-state index is 0.0267. The zero-order valence-corrected chi connectivity index (χ0v) is 16.7. The van der Waals surface area contributed by atoms with Crippen molar-refractivity contribution in [1.82, 2.24) is 19.7 Å². The topological polar surface area (TPSA) is 56.8 Å². The van der Waals surface area contributed by atoms with E-state index in [2.05, 4.69) is 9.88 Å². The fourth-order valence-electron chi connectivity index (χ4n) is 3.96. The first-order chi connectivity index (χ1) is 13.6. The van der Waals surface area contributed by atoms with Crippen LogP contribution in [0.4, 0.5) is 0 Å². The number of aromatic nitrogens is 1. The number of hydrogen-bond donors (Lipinski definition) is 0. The molecule has 1 aromatic heterocycles. The van der Waals surface area contributed by atoms with Crippen LogP contribution in [0.3, 0.4) is 0 Å². The lowest BCUT2D eigenvalue weighted by molar-refractivity contribution is -0.133. The molecule has 6 nitrogen and oxygen atoms in total. The largest absolute Gasteiger partial charge is 0.342 e. The Kier molecular flexibility index (Phi) is 5.78. The summed E-state index contributed by atoms with van der Waals surface area (Å²) in [7, 11) is 0. The van der Waals surface area contributed by atoms with E-state index in [1.54, 1.807) is 12.1 Å². The molecule has 0 aliphatic carbocycles. The summed E-state index contributed by atoms with van der Waals surface area (Å²) in [6.07, 6.45) is 3.45. The van der Waals surface area contributed by atoms with Crippen LogP contribution in [0.1, 0.15) is 29.6 Å². The minimum Gasteiger partial charge on any atom is -0.342 e. The van der Waals surface area contributed by atoms with Gasteiger partial charge < -0.3 is 9.80 Å². The van der Waals surface area contributed by atoms with Crippen molar-refractivity contribution in [3.63, 3.8) is 0 Å². The normalized spacial score (nSPS) is 18.5. The van der Waals surface area contributed by atoms with Gasteiger partial charge in [0.2, 0.25) is 5.91 Å². The number of carbonyl (C=O) groups is 2. The molecule has 148 valence electrons. The van der Waals surface area contributed by atoms with Gasteiger partial charge in [0.15, 0.2) is 0 Å². The van der Waals surface area contributed by atoms with Crippen LogP contribution in [-0.2, 0) is 4.79 Å². The SMILES string of the molecule is O=C(CN1CCN(C(=O)c2ccc3nc(Cl)ccc3c2)CC1)N1CCCCC1. The Hall–Kier alpha value is -2.18. The number of hydrogen-bond acceptors (Lipinski definition) is 4. The van der Waals surface area contributed by atoms with Crippen molar-refractivity contribution in [3.8, 4) is 0 Å². The standard InChI is InChI=1S/C21H25ClN4O2/c22-19-7-5-16-14-17(4-6-18(16)23-19)21(28)26-12-10-24(11-13-26)15-20(27)25-8-2-1-3-9-25/h4-7,14H,1-3,8-13,15H2. The summed E-state index contributed by atoms with van der Waals surface area (Å²) in [6.45, 7) is 4.99. The summed E-state index contributed by atoms with van der Waals surface area (Å²) in [5.41, 5.74) is 1.44. The molecule has 2 aliphatic rings. The van der Waals surface area contributed by atoms with E-state index in [1.807, 2.05) is 28.0 Å². The van der Waals surface area contributed by atoms with Gasteiger partial charge in [-0.3, -0.25) is 14.5 Å². The number of benzene rings is 1. The highest BCUT2D eigenvalue weighted by Crippen LogP contribution is 2.19. The van der Waals surface area contributed by atoms with E-state index in [0.29, 0.717) is 30.4 Å². The van der Waals surface area contributed by atoms with Gasteiger partial charge in [-0.2, -0.15) is 0 Å². The van der Waals surface area contributed by atoms with Crippen LogP contribution in [0.15, 0.2) is 30.3 Å². The molecular weight excluding hydrogens is 376 g/mol. The highest BCUT2D eigenvalue weighted by atomic mass is 35.5. The third-order valence-electron chi connectivity index (χ3n) is 5.63. The fourth-order valence-corrected chi connectivity index (χ4v) is 4.11. The molecule has 0 atom stereocenters. The predicted molar refractivity (Wildman–Crippen MR) is 110 cm³/mol. The summed E-state index contributed by atoms with van der Waals surface area (Å²) in [6, 6.07) is 9.12. The number of carbonyl (C=O) groups excluding carboxylic acids is 2. The molecule has 0 saturated carbocycles. The van der Waals surface area contributed by atoms with Gasteiger partial charge in [0.1, 0.15) is 5.15 Å². The molecule has 7 heteroatoms. The minimum atomic E-state index is 0.0267. The Morgan fingerprint density at radius 3 is 2.39 bits per heavy atom. The lowest BCUT2D eigenvalue weighted by Gasteiger charge is -2.36. The molecule has 0 bridgehead atoms. The van der Waals surface area contributed by atoms with Crippen molar-refractivity contribution < 1.29 is 9.59 Å². The van der Waals surface area contributed by atoms with Crippen molar-refractivity contribution in [2.45, 2.75) is 19.3 Å². The van der Waals surface area contributed by atoms with Gasteiger partial charge in [0.25, 0.3) is 5.91 Å². The quantitative estimate of drug-likeness (QED) is 0.743. The van der Waals surface area contributed by atoms with Gasteiger partial charge in [0, 0.05) is 50.2 Å². The summed E-state index contributed by atoms with van der Waals surface area (Å²) in [5, 5.41) is 1.35. The molecule has 1 aromatic carbocycles. The first kappa shape index (κ1) is 19.2. The van der Waals surface area contributed by atoms with E-state index in [1.165, 1.54) is 6.42 Å². The molecule has 0 spiro atoms. The fraction of sp³-hybridized carbons (Fsp3) is 0.476. The summed E-state index contributed by atoms with van der Waals surface area (Å²) in [5.74, 6) is 0.249. The van der Waals surface area contributed by atoms with E-state index in [0.717, 1.165) is 49.9 Å². The van der Waals surface area contributed by atoms with Crippen LogP contribution in [0, 0.1) is 0 Å². The molecule has 2 aromatic rings. The maximum Gasteiger partial charge on any atom is 0.253 e. The van der Waals surface area contributed by atoms with E-state index in [-0.39, 0.29) is 11.8 Å². The number of piperazine rings is 1. The zero-order chi connectivity index (χ0) is 19.5. The third-order valence-corrected chi connectivity index (χ3v) is 5.84. The van der Waals surface area contributed by atoms with Gasteiger partial charge in [-0.15, -0.1) is 0 Å². The van der Waals surface area contributed by atoms with Gasteiger partial charge in [-0.1, -0.05) is 11.6 Å². The summed E-state index contributed by atoms with van der Waals surface area (Å²) < 4.78 is 0. The second kappa shape index (κ2) is 8.45. The third kappa shape index (κ3) is 4.28. The molecule has 0 N–H and O–H groups in total. The van der Waals surface area contributed by atoms with Crippen molar-refractivity contribution in [2.75, 3.05) is 45.8 Å². The van der Waals surface area contributed by atoms with Gasteiger partial charge in [0.05, 0.1) is 12.1 Å². The second-order valence-electron chi connectivity index (χ2n) is 7.55. The Bertz CT molecular complexity index is 874. The number of rotatable bonds is 3. The van der Waals surface area contributed by atoms with E-state index in [4.69, 9.17) is 11.6 Å². The Labute approximate surface area is 170 Å². The summed E-state index contributed by atoms with van der Waals surface area (Å²) >= 11 is 5.92. The van der Waals surface area contributed by atoms with Crippen LogP contribution in [0.2, 0.25) is 5.15 Å². The maximum absolute atomic E-state index is 12.9. The zero-order valence-electron chi connectivity index (χ0n) is 15.9.